The van der Waals surface area contributed by atoms with Gasteiger partial charge in [0.1, 0.15) is 0 Å². The summed E-state index contributed by atoms with van der Waals surface area (Å²) in [6, 6.07) is 6.41. The molecule has 1 heteroatoms. The van der Waals surface area contributed by atoms with Gasteiger partial charge in [-0.1, -0.05) is 49.6 Å². The Hall–Kier alpha value is -2.02. The predicted octanol–water partition coefficient (Wildman–Crippen LogP) is 7.06. The lowest BCUT2D eigenvalue weighted by molar-refractivity contribution is 0.284. The van der Waals surface area contributed by atoms with Crippen LogP contribution in [0.5, 0.6) is 0 Å². The van der Waals surface area contributed by atoms with Crippen LogP contribution in [-0.4, -0.2) is 0 Å². The molecule has 2 bridgehead atoms. The fourth-order valence-corrected chi connectivity index (χ4v) is 5.78. The average molecular weight is 346 g/mol. The maximum absolute atomic E-state index is 4.51. The summed E-state index contributed by atoms with van der Waals surface area (Å²) in [7, 11) is 0. The first-order valence-corrected chi connectivity index (χ1v) is 10.2. The molecule has 4 atom stereocenters. The smallest absolute Gasteiger partial charge is 0.0388 e. The van der Waals surface area contributed by atoms with Gasteiger partial charge in [0, 0.05) is 17.3 Å². The monoisotopic (exact) mass is 345 g/mol. The van der Waals surface area contributed by atoms with E-state index in [4.69, 9.17) is 0 Å². The van der Waals surface area contributed by atoms with E-state index in [2.05, 4.69) is 49.3 Å². The first-order valence-electron chi connectivity index (χ1n) is 10.2. The highest BCUT2D eigenvalue weighted by atomic mass is 14.9. The number of nitrogens with one attached hydrogen (secondary N) is 1. The Kier molecular flexibility index (Phi) is 4.89. The van der Waals surface area contributed by atoms with E-state index >= 15 is 0 Å². The summed E-state index contributed by atoms with van der Waals surface area (Å²) in [5, 5.41) is 3.66. The topological polar surface area (TPSA) is 12.0 Å². The SMILES string of the molecule is C=Cc1ccc(NC(=C)C2C3CCC(C3)C2C2=CCCCC2)cc1C=C. The van der Waals surface area contributed by atoms with Gasteiger partial charge in [0.25, 0.3) is 0 Å². The molecule has 0 amide bonds. The van der Waals surface area contributed by atoms with Crippen molar-refractivity contribution in [2.24, 2.45) is 23.7 Å². The Balaban J connectivity index is 1.56. The van der Waals surface area contributed by atoms with E-state index in [1.165, 1.54) is 50.6 Å². The van der Waals surface area contributed by atoms with E-state index in [1.807, 2.05) is 12.2 Å². The van der Waals surface area contributed by atoms with Crippen molar-refractivity contribution in [3.8, 4) is 0 Å². The molecule has 1 aromatic carbocycles. The van der Waals surface area contributed by atoms with Crippen LogP contribution in [0.15, 0.2) is 55.3 Å². The zero-order valence-electron chi connectivity index (χ0n) is 15.8. The van der Waals surface area contributed by atoms with Gasteiger partial charge < -0.3 is 5.32 Å². The van der Waals surface area contributed by atoms with Crippen molar-refractivity contribution in [3.05, 3.63) is 66.4 Å². The van der Waals surface area contributed by atoms with E-state index < -0.39 is 0 Å². The van der Waals surface area contributed by atoms with E-state index in [-0.39, 0.29) is 0 Å². The highest BCUT2D eigenvalue weighted by Gasteiger charge is 2.49. The van der Waals surface area contributed by atoms with Crippen molar-refractivity contribution in [3.63, 3.8) is 0 Å². The van der Waals surface area contributed by atoms with Crippen LogP contribution in [0.25, 0.3) is 12.2 Å². The van der Waals surface area contributed by atoms with Crippen LogP contribution in [0, 0.1) is 23.7 Å². The van der Waals surface area contributed by atoms with Crippen molar-refractivity contribution in [2.75, 3.05) is 5.32 Å². The van der Waals surface area contributed by atoms with E-state index in [0.717, 1.165) is 34.6 Å². The molecule has 26 heavy (non-hydrogen) atoms. The van der Waals surface area contributed by atoms with Crippen LogP contribution in [0.1, 0.15) is 56.1 Å². The van der Waals surface area contributed by atoms with Gasteiger partial charge in [-0.25, -0.2) is 0 Å². The molecule has 0 aromatic heterocycles. The molecule has 3 aliphatic rings. The van der Waals surface area contributed by atoms with Crippen molar-refractivity contribution in [1.82, 2.24) is 0 Å². The summed E-state index contributed by atoms with van der Waals surface area (Å²) in [6.45, 7) is 12.3. The Morgan fingerprint density at radius 2 is 1.85 bits per heavy atom. The first-order chi connectivity index (χ1) is 12.7. The van der Waals surface area contributed by atoms with Gasteiger partial charge in [-0.05, 0) is 86.0 Å². The predicted molar refractivity (Wildman–Crippen MR) is 114 cm³/mol. The number of allylic oxidation sites excluding steroid dienone is 3. The number of benzene rings is 1. The fraction of sp³-hybridized carbons (Fsp3) is 0.440. The lowest BCUT2D eigenvalue weighted by Crippen LogP contribution is -2.28. The number of fused-ring (bicyclic) bond motifs is 2. The molecule has 0 radical (unpaired) electrons. The molecule has 1 aromatic rings. The molecule has 3 aliphatic carbocycles. The molecule has 2 fully saturated rings. The minimum atomic E-state index is 0.601. The Morgan fingerprint density at radius 1 is 1.04 bits per heavy atom. The summed E-state index contributed by atoms with van der Waals surface area (Å²) in [5.74, 6) is 3.05. The van der Waals surface area contributed by atoms with Gasteiger partial charge in [-0.3, -0.25) is 0 Å². The van der Waals surface area contributed by atoms with Crippen molar-refractivity contribution >= 4 is 17.8 Å². The van der Waals surface area contributed by atoms with Crippen LogP contribution >= 0.6 is 0 Å². The number of anilines is 1. The Labute approximate surface area is 158 Å². The summed E-state index contributed by atoms with van der Waals surface area (Å²) in [5.41, 5.74) is 6.33. The van der Waals surface area contributed by atoms with Gasteiger partial charge in [0.05, 0.1) is 0 Å². The van der Waals surface area contributed by atoms with Crippen LogP contribution in [-0.2, 0) is 0 Å². The molecule has 0 heterocycles. The summed E-state index contributed by atoms with van der Waals surface area (Å²) in [6.07, 6.45) is 15.9. The molecule has 4 rings (SSSR count). The lowest BCUT2D eigenvalue weighted by atomic mass is 9.71. The number of rotatable bonds is 6. The molecule has 136 valence electrons. The summed E-state index contributed by atoms with van der Waals surface area (Å²) >= 11 is 0. The molecular formula is C25H31N. The van der Waals surface area contributed by atoms with Crippen molar-refractivity contribution in [1.29, 1.82) is 0 Å². The molecule has 1 N–H and O–H groups in total. The van der Waals surface area contributed by atoms with Gasteiger partial charge in [0.2, 0.25) is 0 Å². The lowest BCUT2D eigenvalue weighted by Gasteiger charge is -2.36. The molecule has 0 spiro atoms. The maximum atomic E-state index is 4.51. The molecular weight excluding hydrogens is 314 g/mol. The first kappa shape index (κ1) is 17.4. The normalized spacial score (nSPS) is 29.9. The minimum Gasteiger partial charge on any atom is -0.359 e. The molecule has 0 aliphatic heterocycles. The Bertz CT molecular complexity index is 753. The van der Waals surface area contributed by atoms with Gasteiger partial charge in [-0.15, -0.1) is 0 Å². The fourth-order valence-electron chi connectivity index (χ4n) is 5.78. The molecule has 2 saturated carbocycles. The highest BCUT2D eigenvalue weighted by Crippen LogP contribution is 2.57. The van der Waals surface area contributed by atoms with Gasteiger partial charge in [0.15, 0.2) is 0 Å². The standard InChI is InChI=1S/C25H31N/c1-4-18-13-14-23(16-19(18)5-2)26-17(3)24-21-11-12-22(15-21)25(24)20-9-7-6-8-10-20/h4-5,9,13-14,16,21-22,24-26H,1-3,6-8,10-12,15H2. The van der Waals surface area contributed by atoms with E-state index in [0.29, 0.717) is 5.92 Å². The van der Waals surface area contributed by atoms with Crippen LogP contribution in [0.3, 0.4) is 0 Å². The van der Waals surface area contributed by atoms with E-state index in [9.17, 15) is 0 Å². The van der Waals surface area contributed by atoms with Crippen molar-refractivity contribution < 1.29 is 0 Å². The zero-order valence-corrected chi connectivity index (χ0v) is 15.8. The second-order valence-corrected chi connectivity index (χ2v) is 8.31. The zero-order chi connectivity index (χ0) is 18.1. The largest absolute Gasteiger partial charge is 0.359 e. The van der Waals surface area contributed by atoms with Gasteiger partial charge in [-0.2, -0.15) is 0 Å². The second-order valence-electron chi connectivity index (χ2n) is 8.31. The third kappa shape index (κ3) is 3.09. The number of hydrogen-bond donors (Lipinski definition) is 1. The molecule has 1 nitrogen and oxygen atoms in total. The molecule has 0 saturated heterocycles. The summed E-state index contributed by atoms with van der Waals surface area (Å²) < 4.78 is 0. The maximum Gasteiger partial charge on any atom is 0.0388 e. The van der Waals surface area contributed by atoms with E-state index in [1.54, 1.807) is 5.57 Å². The minimum absolute atomic E-state index is 0.601. The third-order valence-electron chi connectivity index (χ3n) is 6.90. The highest BCUT2D eigenvalue weighted by molar-refractivity contribution is 5.68. The Morgan fingerprint density at radius 3 is 2.58 bits per heavy atom. The second kappa shape index (κ2) is 7.31. The quantitative estimate of drug-likeness (QED) is 0.544. The summed E-state index contributed by atoms with van der Waals surface area (Å²) in [4.78, 5) is 0. The van der Waals surface area contributed by atoms with Crippen LogP contribution in [0.2, 0.25) is 0 Å². The van der Waals surface area contributed by atoms with Gasteiger partial charge >= 0.3 is 0 Å². The van der Waals surface area contributed by atoms with Crippen LogP contribution in [0.4, 0.5) is 5.69 Å². The van der Waals surface area contributed by atoms with Crippen LogP contribution < -0.4 is 5.32 Å². The average Bonchev–Trinajstić information content (AvgIpc) is 3.30. The molecule has 4 unspecified atom stereocenters. The van der Waals surface area contributed by atoms with Crippen molar-refractivity contribution in [2.45, 2.75) is 44.9 Å². The third-order valence-corrected chi connectivity index (χ3v) is 6.90. The number of hydrogen-bond acceptors (Lipinski definition) is 1.